The number of carbonyl (C=O) groups excluding carboxylic acids is 1. The number of β-amino-alcohol motifs (C(OH)–C–C–N with tert-alkyl or cyclic N) is 1. The maximum Gasteiger partial charge on any atom is 0.419 e. The number of aliphatic hydroxyl groups excluding tert-OH is 1. The minimum Gasteiger partial charge on any atom is -0.395 e. The lowest BCUT2D eigenvalue weighted by molar-refractivity contribution is -0.140. The number of amides is 2. The fraction of sp³-hybridized carbons (Fsp3) is 0.500. The molecule has 0 aromatic heterocycles. The highest BCUT2D eigenvalue weighted by Gasteiger charge is 2.40. The van der Waals surface area contributed by atoms with Gasteiger partial charge in [0, 0.05) is 64.3 Å². The van der Waals surface area contributed by atoms with E-state index in [9.17, 15) is 22.4 Å². The minimum absolute atomic E-state index is 0.0717. The normalized spacial score (nSPS) is 21.0. The van der Waals surface area contributed by atoms with Gasteiger partial charge in [-0.1, -0.05) is 35.3 Å². The van der Waals surface area contributed by atoms with Gasteiger partial charge in [0.1, 0.15) is 5.82 Å². The summed E-state index contributed by atoms with van der Waals surface area (Å²) >= 11 is 12.4. The number of halogens is 6. The summed E-state index contributed by atoms with van der Waals surface area (Å²) in [6.45, 7) is 4.11. The molecule has 2 heterocycles. The van der Waals surface area contributed by atoms with Gasteiger partial charge in [0.2, 0.25) is 0 Å². The van der Waals surface area contributed by atoms with Gasteiger partial charge in [-0.15, -0.1) is 0 Å². The van der Waals surface area contributed by atoms with Gasteiger partial charge in [-0.2, -0.15) is 13.2 Å². The molecule has 0 saturated carbocycles. The maximum atomic E-state index is 14.2. The van der Waals surface area contributed by atoms with Crippen molar-refractivity contribution in [3.05, 3.63) is 69.0 Å². The van der Waals surface area contributed by atoms with Crippen molar-refractivity contribution in [1.29, 1.82) is 0 Å². The summed E-state index contributed by atoms with van der Waals surface area (Å²) in [5.74, 6) is -1.46. The van der Waals surface area contributed by atoms with E-state index in [0.29, 0.717) is 61.4 Å². The Bertz CT molecular complexity index is 1140. The van der Waals surface area contributed by atoms with Crippen molar-refractivity contribution >= 4 is 29.2 Å². The molecule has 2 saturated heterocycles. The second kappa shape index (κ2) is 12.0. The van der Waals surface area contributed by atoms with Crippen LogP contribution in [-0.2, 0) is 12.7 Å². The molecule has 0 unspecified atom stereocenters. The summed E-state index contributed by atoms with van der Waals surface area (Å²) < 4.78 is 53.2. The van der Waals surface area contributed by atoms with Gasteiger partial charge in [-0.05, 0) is 42.4 Å². The van der Waals surface area contributed by atoms with Crippen LogP contribution in [0, 0.1) is 5.82 Å². The predicted octanol–water partition coefficient (Wildman–Crippen LogP) is 4.78. The van der Waals surface area contributed by atoms with Crippen molar-refractivity contribution in [2.24, 2.45) is 0 Å². The van der Waals surface area contributed by atoms with Crippen LogP contribution in [0.25, 0.3) is 0 Å². The van der Waals surface area contributed by atoms with Crippen LogP contribution in [-0.4, -0.2) is 96.2 Å². The number of likely N-dealkylation sites (N-methyl/N-ethyl adjacent to an activating group) is 1. The standard InChI is InChI=1S/C26H30Cl2F4N4O2/c1-33(14-17-2-4-20(23(29)12-17)26(30,31)32)24-16-36(15-19(24)18-3-5-21(27)22(28)13-18)25(38)35-8-6-34(7-9-35)10-11-37/h2-5,12-13,19,24,37H,6-11,14-16H2,1H3/t19-,24+/m1/s1. The molecule has 2 aliphatic heterocycles. The topological polar surface area (TPSA) is 50.3 Å². The Morgan fingerprint density at radius 2 is 1.74 bits per heavy atom. The number of nitrogens with zero attached hydrogens (tertiary/aromatic N) is 4. The molecular weight excluding hydrogens is 547 g/mol. The number of rotatable bonds is 6. The molecule has 2 amide bonds. The SMILES string of the molecule is CN(Cc1ccc(C(F)(F)F)c(F)c1)[C@H]1CN(C(=O)N2CCN(CCO)CC2)C[C@@H]1c1ccc(Cl)c(Cl)c1. The van der Waals surface area contributed by atoms with E-state index in [1.54, 1.807) is 21.9 Å². The number of alkyl halides is 3. The Balaban J connectivity index is 1.53. The molecule has 4 rings (SSSR count). The van der Waals surface area contributed by atoms with Crippen LogP contribution in [0.3, 0.4) is 0 Å². The molecule has 38 heavy (non-hydrogen) atoms. The highest BCUT2D eigenvalue weighted by Crippen LogP contribution is 2.36. The number of aliphatic hydroxyl groups is 1. The highest BCUT2D eigenvalue weighted by molar-refractivity contribution is 6.42. The smallest absolute Gasteiger partial charge is 0.395 e. The van der Waals surface area contributed by atoms with Gasteiger partial charge in [0.25, 0.3) is 0 Å². The Morgan fingerprint density at radius 3 is 2.34 bits per heavy atom. The second-order valence-corrected chi connectivity index (χ2v) is 10.6. The number of likely N-dealkylation sites (tertiary alicyclic amines) is 1. The van der Waals surface area contributed by atoms with E-state index in [1.165, 1.54) is 6.07 Å². The molecule has 208 valence electrons. The quantitative estimate of drug-likeness (QED) is 0.503. The van der Waals surface area contributed by atoms with Crippen molar-refractivity contribution in [2.75, 3.05) is 59.5 Å². The Morgan fingerprint density at radius 1 is 1.03 bits per heavy atom. The van der Waals surface area contributed by atoms with Crippen molar-refractivity contribution < 1.29 is 27.5 Å². The van der Waals surface area contributed by atoms with Crippen molar-refractivity contribution in [3.8, 4) is 0 Å². The number of piperazine rings is 1. The minimum atomic E-state index is -4.76. The Labute approximate surface area is 229 Å². The lowest BCUT2D eigenvalue weighted by atomic mass is 9.93. The van der Waals surface area contributed by atoms with E-state index < -0.39 is 17.6 Å². The average molecular weight is 577 g/mol. The average Bonchev–Trinajstić information content (AvgIpc) is 3.31. The van der Waals surface area contributed by atoms with Crippen LogP contribution in [0.1, 0.15) is 22.6 Å². The van der Waals surface area contributed by atoms with Crippen LogP contribution in [0.4, 0.5) is 22.4 Å². The highest BCUT2D eigenvalue weighted by atomic mass is 35.5. The summed E-state index contributed by atoms with van der Waals surface area (Å²) in [4.78, 5) is 21.0. The van der Waals surface area contributed by atoms with Crippen LogP contribution in [0.5, 0.6) is 0 Å². The molecule has 2 fully saturated rings. The van der Waals surface area contributed by atoms with Crippen LogP contribution in [0.15, 0.2) is 36.4 Å². The molecule has 2 aliphatic rings. The molecule has 12 heteroatoms. The molecule has 0 bridgehead atoms. The first-order valence-electron chi connectivity index (χ1n) is 12.4. The lowest BCUT2D eigenvalue weighted by Crippen LogP contribution is -2.53. The van der Waals surface area contributed by atoms with E-state index in [2.05, 4.69) is 4.90 Å². The monoisotopic (exact) mass is 576 g/mol. The Hall–Kier alpha value is -2.11. The van der Waals surface area contributed by atoms with Crippen LogP contribution >= 0.6 is 23.2 Å². The number of hydrogen-bond acceptors (Lipinski definition) is 4. The molecule has 0 radical (unpaired) electrons. The predicted molar refractivity (Wildman–Crippen MR) is 138 cm³/mol. The molecule has 2 aromatic carbocycles. The van der Waals surface area contributed by atoms with Crippen LogP contribution in [0.2, 0.25) is 10.0 Å². The zero-order chi connectivity index (χ0) is 27.6. The van der Waals surface area contributed by atoms with Gasteiger partial charge >= 0.3 is 12.2 Å². The largest absolute Gasteiger partial charge is 0.419 e. The van der Waals surface area contributed by atoms with Gasteiger partial charge < -0.3 is 14.9 Å². The van der Waals surface area contributed by atoms with Gasteiger partial charge in [0.05, 0.1) is 22.2 Å². The summed E-state index contributed by atoms with van der Waals surface area (Å²) in [5, 5.41) is 9.97. The number of benzene rings is 2. The summed E-state index contributed by atoms with van der Waals surface area (Å²) in [6, 6.07) is 8.00. The number of carbonyl (C=O) groups is 1. The maximum absolute atomic E-state index is 14.2. The number of hydrogen-bond donors (Lipinski definition) is 1. The van der Waals surface area contributed by atoms with Gasteiger partial charge in [-0.3, -0.25) is 9.80 Å². The molecule has 0 spiro atoms. The van der Waals surface area contributed by atoms with E-state index in [-0.39, 0.29) is 31.1 Å². The van der Waals surface area contributed by atoms with Crippen LogP contribution < -0.4 is 0 Å². The summed E-state index contributed by atoms with van der Waals surface area (Å²) in [6.07, 6.45) is -4.76. The third kappa shape index (κ3) is 6.54. The first-order valence-corrected chi connectivity index (χ1v) is 13.1. The molecule has 2 aromatic rings. The van der Waals surface area contributed by atoms with E-state index >= 15 is 0 Å². The second-order valence-electron chi connectivity index (χ2n) is 9.81. The summed E-state index contributed by atoms with van der Waals surface area (Å²) in [5.41, 5.74) is -0.0112. The van der Waals surface area contributed by atoms with Crippen molar-refractivity contribution in [3.63, 3.8) is 0 Å². The fourth-order valence-corrected chi connectivity index (χ4v) is 5.56. The van der Waals surface area contributed by atoms with E-state index in [0.717, 1.165) is 17.7 Å². The third-order valence-corrected chi connectivity index (χ3v) is 8.07. The summed E-state index contributed by atoms with van der Waals surface area (Å²) in [7, 11) is 1.81. The Kier molecular flexibility index (Phi) is 9.09. The fourth-order valence-electron chi connectivity index (χ4n) is 5.26. The molecule has 2 atom stereocenters. The van der Waals surface area contributed by atoms with Crippen molar-refractivity contribution in [2.45, 2.75) is 24.7 Å². The first kappa shape index (κ1) is 28.9. The molecule has 1 N–H and O–H groups in total. The molecular formula is C26H30Cl2F4N4O2. The molecule has 0 aliphatic carbocycles. The first-order chi connectivity index (χ1) is 18.0. The lowest BCUT2D eigenvalue weighted by Gasteiger charge is -2.36. The zero-order valence-electron chi connectivity index (χ0n) is 20.9. The number of urea groups is 1. The van der Waals surface area contributed by atoms with E-state index in [1.807, 2.05) is 18.0 Å². The third-order valence-electron chi connectivity index (χ3n) is 7.33. The zero-order valence-corrected chi connectivity index (χ0v) is 22.4. The van der Waals surface area contributed by atoms with Gasteiger partial charge in [0.15, 0.2) is 0 Å². The molecule has 6 nitrogen and oxygen atoms in total. The van der Waals surface area contributed by atoms with Gasteiger partial charge in [-0.25, -0.2) is 9.18 Å². The van der Waals surface area contributed by atoms with Crippen molar-refractivity contribution in [1.82, 2.24) is 19.6 Å². The van der Waals surface area contributed by atoms with E-state index in [4.69, 9.17) is 28.3 Å².